The molecule has 1 saturated carbocycles. The van der Waals surface area contributed by atoms with Crippen LogP contribution in [-0.2, 0) is 4.79 Å². The number of carbonyl (C=O) groups is 2. The fourth-order valence-electron chi connectivity index (χ4n) is 3.62. The molecule has 1 fully saturated rings. The first-order chi connectivity index (χ1) is 12.2. The van der Waals surface area contributed by atoms with E-state index in [4.69, 9.17) is 4.74 Å². The Kier molecular flexibility index (Phi) is 4.44. The Morgan fingerprint density at radius 3 is 2.88 bits per heavy atom. The van der Waals surface area contributed by atoms with Gasteiger partial charge in [-0.25, -0.2) is 0 Å². The van der Waals surface area contributed by atoms with Gasteiger partial charge in [-0.1, -0.05) is 18.9 Å². The van der Waals surface area contributed by atoms with Crippen molar-refractivity contribution in [3.8, 4) is 5.75 Å². The lowest BCUT2D eigenvalue weighted by Crippen LogP contribution is -2.32. The Morgan fingerprint density at radius 2 is 2.12 bits per heavy atom. The van der Waals surface area contributed by atoms with Gasteiger partial charge in [0.15, 0.2) is 6.61 Å². The first-order valence-electron chi connectivity index (χ1n) is 8.61. The molecule has 25 heavy (non-hydrogen) atoms. The summed E-state index contributed by atoms with van der Waals surface area (Å²) in [6.07, 6.45) is 4.77. The highest BCUT2D eigenvalue weighted by atomic mass is 32.1. The summed E-state index contributed by atoms with van der Waals surface area (Å²) >= 11 is 1.69. The van der Waals surface area contributed by atoms with E-state index in [0.29, 0.717) is 22.9 Å². The van der Waals surface area contributed by atoms with Crippen molar-refractivity contribution < 1.29 is 14.3 Å². The summed E-state index contributed by atoms with van der Waals surface area (Å²) in [6, 6.07) is 9.33. The Morgan fingerprint density at radius 1 is 1.28 bits per heavy atom. The minimum atomic E-state index is -0.177. The second kappa shape index (κ2) is 6.88. The molecular weight excluding hydrogens is 336 g/mol. The van der Waals surface area contributed by atoms with Gasteiger partial charge in [0.2, 0.25) is 0 Å². The molecule has 1 aromatic carbocycles. The maximum atomic E-state index is 12.8. The lowest BCUT2D eigenvalue weighted by Gasteiger charge is -2.24. The van der Waals surface area contributed by atoms with E-state index >= 15 is 0 Å². The van der Waals surface area contributed by atoms with Crippen LogP contribution in [0.1, 0.15) is 47.0 Å². The molecule has 0 unspecified atom stereocenters. The second-order valence-electron chi connectivity index (χ2n) is 6.56. The van der Waals surface area contributed by atoms with Crippen LogP contribution < -0.4 is 15.4 Å². The molecule has 0 radical (unpaired) electrons. The molecule has 2 aliphatic rings. The summed E-state index contributed by atoms with van der Waals surface area (Å²) in [4.78, 5) is 25.4. The zero-order chi connectivity index (χ0) is 17.2. The SMILES string of the molecule is O=C1COc2cc(C(=O)N[C@H](c3cccs3)C3CCCC3)ccc2N1. The Bertz CT molecular complexity index is 782. The van der Waals surface area contributed by atoms with Crippen molar-refractivity contribution >= 4 is 28.8 Å². The van der Waals surface area contributed by atoms with Gasteiger partial charge in [0, 0.05) is 10.4 Å². The molecule has 1 aliphatic carbocycles. The van der Waals surface area contributed by atoms with E-state index in [0.717, 1.165) is 12.8 Å². The molecule has 1 aromatic heterocycles. The first-order valence-corrected chi connectivity index (χ1v) is 9.49. The van der Waals surface area contributed by atoms with Crippen LogP contribution >= 0.6 is 11.3 Å². The van der Waals surface area contributed by atoms with Crippen LogP contribution in [-0.4, -0.2) is 18.4 Å². The smallest absolute Gasteiger partial charge is 0.262 e. The van der Waals surface area contributed by atoms with E-state index in [1.54, 1.807) is 29.5 Å². The predicted molar refractivity (Wildman–Crippen MR) is 97.1 cm³/mol. The highest BCUT2D eigenvalue weighted by molar-refractivity contribution is 7.10. The Hall–Kier alpha value is -2.34. The minimum absolute atomic E-state index is 0.0159. The highest BCUT2D eigenvalue weighted by Gasteiger charge is 2.29. The van der Waals surface area contributed by atoms with E-state index in [1.807, 2.05) is 6.07 Å². The Balaban J connectivity index is 1.54. The van der Waals surface area contributed by atoms with Gasteiger partial charge in [-0.3, -0.25) is 9.59 Å². The summed E-state index contributed by atoms with van der Waals surface area (Å²) in [5.41, 5.74) is 1.16. The minimum Gasteiger partial charge on any atom is -0.482 e. The van der Waals surface area contributed by atoms with Crippen LogP contribution in [0.3, 0.4) is 0 Å². The van der Waals surface area contributed by atoms with Gasteiger partial charge in [0.05, 0.1) is 11.7 Å². The van der Waals surface area contributed by atoms with Gasteiger partial charge < -0.3 is 15.4 Å². The fraction of sp³-hybridized carbons (Fsp3) is 0.368. The van der Waals surface area contributed by atoms with Crippen LogP contribution in [0.4, 0.5) is 5.69 Å². The fourth-order valence-corrected chi connectivity index (χ4v) is 4.49. The molecule has 2 amide bonds. The van der Waals surface area contributed by atoms with Gasteiger partial charge in [-0.15, -0.1) is 11.3 Å². The molecule has 0 spiro atoms. The molecule has 1 aliphatic heterocycles. The zero-order valence-electron chi connectivity index (χ0n) is 13.8. The van der Waals surface area contributed by atoms with E-state index < -0.39 is 0 Å². The summed E-state index contributed by atoms with van der Waals surface area (Å²) in [6.45, 7) is -0.0159. The van der Waals surface area contributed by atoms with Crippen molar-refractivity contribution in [2.75, 3.05) is 11.9 Å². The molecule has 2 N–H and O–H groups in total. The Labute approximate surface area is 150 Å². The third-order valence-corrected chi connectivity index (χ3v) is 5.84. The molecule has 2 heterocycles. The van der Waals surface area contributed by atoms with Crippen molar-refractivity contribution in [2.45, 2.75) is 31.7 Å². The van der Waals surface area contributed by atoms with Crippen molar-refractivity contribution in [3.05, 3.63) is 46.2 Å². The summed E-state index contributed by atoms with van der Waals surface area (Å²) in [5, 5.41) is 8.02. The predicted octanol–water partition coefficient (Wildman–Crippen LogP) is 3.74. The van der Waals surface area contributed by atoms with Crippen LogP contribution in [0.25, 0.3) is 0 Å². The number of hydrogen-bond donors (Lipinski definition) is 2. The van der Waals surface area contributed by atoms with Crippen molar-refractivity contribution in [1.82, 2.24) is 5.32 Å². The molecule has 0 bridgehead atoms. The lowest BCUT2D eigenvalue weighted by molar-refractivity contribution is -0.118. The number of hydrogen-bond acceptors (Lipinski definition) is 4. The molecular formula is C19H20N2O3S. The van der Waals surface area contributed by atoms with Gasteiger partial charge in [0.1, 0.15) is 5.75 Å². The number of anilines is 1. The molecule has 1 atom stereocenters. The van der Waals surface area contributed by atoms with E-state index in [1.165, 1.54) is 17.7 Å². The van der Waals surface area contributed by atoms with Gasteiger partial charge >= 0.3 is 0 Å². The van der Waals surface area contributed by atoms with Crippen molar-refractivity contribution in [3.63, 3.8) is 0 Å². The second-order valence-corrected chi connectivity index (χ2v) is 7.54. The van der Waals surface area contributed by atoms with Crippen LogP contribution in [0.5, 0.6) is 5.75 Å². The van der Waals surface area contributed by atoms with Crippen LogP contribution in [0.2, 0.25) is 0 Å². The average molecular weight is 356 g/mol. The van der Waals surface area contributed by atoms with E-state index in [2.05, 4.69) is 22.1 Å². The quantitative estimate of drug-likeness (QED) is 0.877. The van der Waals surface area contributed by atoms with Crippen molar-refractivity contribution in [2.24, 2.45) is 5.92 Å². The van der Waals surface area contributed by atoms with Gasteiger partial charge in [-0.05, 0) is 48.4 Å². The number of benzene rings is 1. The molecule has 5 nitrogen and oxygen atoms in total. The maximum Gasteiger partial charge on any atom is 0.262 e. The average Bonchev–Trinajstić information content (AvgIpc) is 3.33. The molecule has 0 saturated heterocycles. The number of carbonyl (C=O) groups excluding carboxylic acids is 2. The standard InChI is InChI=1S/C19H20N2O3S/c22-17-11-24-15-10-13(7-8-14(15)20-17)19(23)21-18(12-4-1-2-5-12)16-6-3-9-25-16/h3,6-10,12,18H,1-2,4-5,11H2,(H,20,22)(H,21,23)/t18-/m0/s1. The summed E-state index contributed by atoms with van der Waals surface area (Å²) in [7, 11) is 0. The normalized spacial score (nSPS) is 18.2. The van der Waals surface area contributed by atoms with Crippen molar-refractivity contribution in [1.29, 1.82) is 0 Å². The number of fused-ring (bicyclic) bond motifs is 1. The highest BCUT2D eigenvalue weighted by Crippen LogP contribution is 2.37. The van der Waals surface area contributed by atoms with Gasteiger partial charge in [0.25, 0.3) is 11.8 Å². The monoisotopic (exact) mass is 356 g/mol. The molecule has 2 aromatic rings. The van der Waals surface area contributed by atoms with E-state index in [9.17, 15) is 9.59 Å². The summed E-state index contributed by atoms with van der Waals surface area (Å²) in [5.74, 6) is 0.758. The number of amides is 2. The van der Waals surface area contributed by atoms with Gasteiger partial charge in [-0.2, -0.15) is 0 Å². The van der Waals surface area contributed by atoms with Crippen LogP contribution in [0.15, 0.2) is 35.7 Å². The first kappa shape index (κ1) is 16.1. The number of thiophene rings is 1. The third kappa shape index (κ3) is 3.39. The third-order valence-electron chi connectivity index (χ3n) is 4.88. The number of ether oxygens (including phenoxy) is 1. The summed E-state index contributed by atoms with van der Waals surface area (Å²) < 4.78 is 5.41. The topological polar surface area (TPSA) is 67.4 Å². The van der Waals surface area contributed by atoms with Crippen LogP contribution in [0, 0.1) is 5.92 Å². The lowest BCUT2D eigenvalue weighted by atomic mass is 9.96. The molecule has 4 rings (SSSR count). The maximum absolute atomic E-state index is 12.8. The molecule has 130 valence electrons. The largest absolute Gasteiger partial charge is 0.482 e. The molecule has 6 heteroatoms. The zero-order valence-corrected chi connectivity index (χ0v) is 14.6. The number of nitrogens with one attached hydrogen (secondary N) is 2. The number of rotatable bonds is 4. The van der Waals surface area contributed by atoms with E-state index in [-0.39, 0.29) is 24.5 Å².